The van der Waals surface area contributed by atoms with E-state index >= 15 is 0 Å². The van der Waals surface area contributed by atoms with Crippen LogP contribution in [0.5, 0.6) is 5.75 Å². The molecule has 2 heterocycles. The molecule has 1 aliphatic heterocycles. The first-order valence-corrected chi connectivity index (χ1v) is 9.48. The Labute approximate surface area is 153 Å². The van der Waals surface area contributed by atoms with E-state index in [1.165, 1.54) is 10.6 Å². The van der Waals surface area contributed by atoms with Crippen molar-refractivity contribution in [2.45, 2.75) is 13.0 Å². The SMILES string of the molecule is COc1cccc(N2CCN(CC(=O)NC(C)c3cccs3)CC2)c1. The lowest BCUT2D eigenvalue weighted by molar-refractivity contribution is -0.122. The molecule has 134 valence electrons. The van der Waals surface area contributed by atoms with Crippen molar-refractivity contribution in [3.05, 3.63) is 46.7 Å². The highest BCUT2D eigenvalue weighted by atomic mass is 32.1. The molecule has 1 atom stereocenters. The summed E-state index contributed by atoms with van der Waals surface area (Å²) >= 11 is 1.67. The summed E-state index contributed by atoms with van der Waals surface area (Å²) < 4.78 is 5.30. The van der Waals surface area contributed by atoms with Crippen molar-refractivity contribution in [3.63, 3.8) is 0 Å². The number of hydrogen-bond acceptors (Lipinski definition) is 5. The van der Waals surface area contributed by atoms with Gasteiger partial charge in [0, 0.05) is 42.8 Å². The highest BCUT2D eigenvalue weighted by molar-refractivity contribution is 7.10. The van der Waals surface area contributed by atoms with E-state index in [2.05, 4.69) is 33.3 Å². The third-order valence-electron chi connectivity index (χ3n) is 4.51. The van der Waals surface area contributed by atoms with Gasteiger partial charge in [-0.2, -0.15) is 0 Å². The van der Waals surface area contributed by atoms with E-state index < -0.39 is 0 Å². The molecule has 1 saturated heterocycles. The number of rotatable bonds is 6. The van der Waals surface area contributed by atoms with Gasteiger partial charge in [-0.25, -0.2) is 0 Å². The quantitative estimate of drug-likeness (QED) is 0.861. The van der Waals surface area contributed by atoms with E-state index in [1.54, 1.807) is 18.4 Å². The van der Waals surface area contributed by atoms with Gasteiger partial charge in [-0.3, -0.25) is 9.69 Å². The Morgan fingerprint density at radius 2 is 2.04 bits per heavy atom. The topological polar surface area (TPSA) is 44.8 Å². The monoisotopic (exact) mass is 359 g/mol. The Balaban J connectivity index is 1.46. The number of carbonyl (C=O) groups is 1. The van der Waals surface area contributed by atoms with Crippen molar-refractivity contribution in [2.75, 3.05) is 44.7 Å². The average Bonchev–Trinajstić information content (AvgIpc) is 3.17. The normalized spacial score (nSPS) is 16.5. The van der Waals surface area contributed by atoms with Crippen LogP contribution in [0.3, 0.4) is 0 Å². The van der Waals surface area contributed by atoms with Crippen LogP contribution in [-0.2, 0) is 4.79 Å². The number of anilines is 1. The molecule has 1 unspecified atom stereocenters. The summed E-state index contributed by atoms with van der Waals surface area (Å²) in [7, 11) is 1.69. The molecular formula is C19H25N3O2S. The minimum atomic E-state index is 0.0746. The van der Waals surface area contributed by atoms with Crippen LogP contribution in [-0.4, -0.2) is 50.6 Å². The lowest BCUT2D eigenvalue weighted by Gasteiger charge is -2.36. The van der Waals surface area contributed by atoms with Gasteiger partial charge in [-0.05, 0) is 30.5 Å². The van der Waals surface area contributed by atoms with Gasteiger partial charge >= 0.3 is 0 Å². The molecule has 1 N–H and O–H groups in total. The summed E-state index contributed by atoms with van der Waals surface area (Å²) in [6.45, 7) is 6.10. The van der Waals surface area contributed by atoms with E-state index in [9.17, 15) is 4.79 Å². The molecule has 25 heavy (non-hydrogen) atoms. The summed E-state index contributed by atoms with van der Waals surface area (Å²) in [5, 5.41) is 5.12. The second-order valence-corrected chi connectivity index (χ2v) is 7.25. The number of carbonyl (C=O) groups excluding carboxylic acids is 1. The highest BCUT2D eigenvalue weighted by Gasteiger charge is 2.20. The predicted molar refractivity (Wildman–Crippen MR) is 103 cm³/mol. The maximum Gasteiger partial charge on any atom is 0.234 e. The fraction of sp³-hybridized carbons (Fsp3) is 0.421. The van der Waals surface area contributed by atoms with E-state index in [1.807, 2.05) is 30.5 Å². The van der Waals surface area contributed by atoms with Gasteiger partial charge in [0.25, 0.3) is 0 Å². The Bertz CT molecular complexity index is 682. The molecule has 1 aromatic carbocycles. The maximum atomic E-state index is 12.3. The van der Waals surface area contributed by atoms with Crippen LogP contribution >= 0.6 is 11.3 Å². The van der Waals surface area contributed by atoms with Gasteiger partial charge in [-0.15, -0.1) is 11.3 Å². The summed E-state index contributed by atoms with van der Waals surface area (Å²) in [6, 6.07) is 12.3. The van der Waals surface area contributed by atoms with Crippen LogP contribution in [0.4, 0.5) is 5.69 Å². The third-order valence-corrected chi connectivity index (χ3v) is 5.56. The molecule has 0 aliphatic carbocycles. The summed E-state index contributed by atoms with van der Waals surface area (Å²) in [6.07, 6.45) is 0. The van der Waals surface area contributed by atoms with Crippen LogP contribution in [0.25, 0.3) is 0 Å². The second-order valence-electron chi connectivity index (χ2n) is 6.27. The number of hydrogen-bond donors (Lipinski definition) is 1. The number of nitrogens with zero attached hydrogens (tertiary/aromatic N) is 2. The molecule has 3 rings (SSSR count). The van der Waals surface area contributed by atoms with Crippen molar-refractivity contribution in [1.82, 2.24) is 10.2 Å². The Kier molecular flexibility index (Phi) is 5.94. The van der Waals surface area contributed by atoms with E-state index in [-0.39, 0.29) is 11.9 Å². The lowest BCUT2D eigenvalue weighted by Crippen LogP contribution is -2.49. The van der Waals surface area contributed by atoms with Crippen LogP contribution in [0.1, 0.15) is 17.8 Å². The van der Waals surface area contributed by atoms with Crippen LogP contribution < -0.4 is 15.0 Å². The lowest BCUT2D eigenvalue weighted by atomic mass is 10.2. The zero-order chi connectivity index (χ0) is 17.6. The van der Waals surface area contributed by atoms with Gasteiger partial charge in [0.05, 0.1) is 19.7 Å². The average molecular weight is 359 g/mol. The molecule has 5 nitrogen and oxygen atoms in total. The van der Waals surface area contributed by atoms with Crippen LogP contribution in [0.15, 0.2) is 41.8 Å². The number of piperazine rings is 1. The zero-order valence-electron chi connectivity index (χ0n) is 14.8. The van der Waals surface area contributed by atoms with Gasteiger partial charge in [0.1, 0.15) is 5.75 Å². The maximum absolute atomic E-state index is 12.3. The zero-order valence-corrected chi connectivity index (χ0v) is 15.6. The molecule has 1 fully saturated rings. The molecular weight excluding hydrogens is 334 g/mol. The Morgan fingerprint density at radius 3 is 2.72 bits per heavy atom. The minimum Gasteiger partial charge on any atom is -0.497 e. The van der Waals surface area contributed by atoms with Gasteiger partial charge in [-0.1, -0.05) is 12.1 Å². The molecule has 6 heteroatoms. The molecule has 1 aromatic heterocycles. The molecule has 0 bridgehead atoms. The van der Waals surface area contributed by atoms with Gasteiger partial charge in [0.15, 0.2) is 0 Å². The molecule has 1 amide bonds. The first kappa shape index (κ1) is 17.8. The number of nitrogens with one attached hydrogen (secondary N) is 1. The number of amides is 1. The van der Waals surface area contributed by atoms with Crippen molar-refractivity contribution >= 4 is 22.9 Å². The van der Waals surface area contributed by atoms with E-state index in [0.29, 0.717) is 6.54 Å². The molecule has 1 aliphatic rings. The Morgan fingerprint density at radius 1 is 1.24 bits per heavy atom. The van der Waals surface area contributed by atoms with Crippen molar-refractivity contribution in [3.8, 4) is 5.75 Å². The first-order chi connectivity index (χ1) is 12.2. The first-order valence-electron chi connectivity index (χ1n) is 8.60. The van der Waals surface area contributed by atoms with Crippen molar-refractivity contribution < 1.29 is 9.53 Å². The van der Waals surface area contributed by atoms with Crippen LogP contribution in [0, 0.1) is 0 Å². The number of benzene rings is 1. The molecule has 0 saturated carbocycles. The smallest absolute Gasteiger partial charge is 0.234 e. The van der Waals surface area contributed by atoms with E-state index in [4.69, 9.17) is 4.74 Å². The second kappa shape index (κ2) is 8.36. The standard InChI is InChI=1S/C19H25N3O2S/c1-15(18-7-4-12-25-18)20-19(23)14-21-8-10-22(11-9-21)16-5-3-6-17(13-16)24-2/h3-7,12-13,15H,8-11,14H2,1-2H3,(H,20,23). The van der Waals surface area contributed by atoms with Gasteiger partial charge < -0.3 is 15.0 Å². The fourth-order valence-electron chi connectivity index (χ4n) is 3.07. The summed E-state index contributed by atoms with van der Waals surface area (Å²) in [4.78, 5) is 18.0. The van der Waals surface area contributed by atoms with E-state index in [0.717, 1.165) is 31.9 Å². The number of thiophene rings is 1. The largest absolute Gasteiger partial charge is 0.497 e. The minimum absolute atomic E-state index is 0.0746. The van der Waals surface area contributed by atoms with Crippen LogP contribution in [0.2, 0.25) is 0 Å². The Hall–Kier alpha value is -2.05. The summed E-state index contributed by atoms with van der Waals surface area (Å²) in [5.74, 6) is 0.970. The van der Waals surface area contributed by atoms with Gasteiger partial charge in [0.2, 0.25) is 5.91 Å². The molecule has 0 spiro atoms. The summed E-state index contributed by atoms with van der Waals surface area (Å²) in [5.41, 5.74) is 1.18. The predicted octanol–water partition coefficient (Wildman–Crippen LogP) is 2.76. The third kappa shape index (κ3) is 4.74. The molecule has 0 radical (unpaired) electrons. The highest BCUT2D eigenvalue weighted by Crippen LogP contribution is 2.22. The number of methoxy groups -OCH3 is 1. The van der Waals surface area contributed by atoms with Crippen molar-refractivity contribution in [1.29, 1.82) is 0 Å². The fourth-order valence-corrected chi connectivity index (χ4v) is 3.80. The number of ether oxygens (including phenoxy) is 1. The van der Waals surface area contributed by atoms with Crippen molar-refractivity contribution in [2.24, 2.45) is 0 Å². The molecule has 2 aromatic rings.